The highest BCUT2D eigenvalue weighted by Gasteiger charge is 2.24. The molecule has 0 aromatic heterocycles. The molecule has 0 fully saturated rings. The maximum Gasteiger partial charge on any atom is 0.225 e. The molecule has 2 aromatic carbocycles. The summed E-state index contributed by atoms with van der Waals surface area (Å²) in [5, 5.41) is 9.40. The van der Waals surface area contributed by atoms with E-state index in [1.807, 2.05) is 37.3 Å². The highest BCUT2D eigenvalue weighted by Crippen LogP contribution is 2.31. The van der Waals surface area contributed by atoms with Gasteiger partial charge in [0.1, 0.15) is 5.82 Å². The van der Waals surface area contributed by atoms with Crippen molar-refractivity contribution in [1.29, 1.82) is 0 Å². The number of aliphatic imine (C=N–C) groups is 1. The molecule has 0 bridgehead atoms. The third-order valence-electron chi connectivity index (χ3n) is 4.37. The molecule has 0 spiro atoms. The summed E-state index contributed by atoms with van der Waals surface area (Å²) in [6, 6.07) is 12.8. The van der Waals surface area contributed by atoms with Crippen LogP contribution in [0, 0.1) is 5.82 Å². The monoisotopic (exact) mass is 432 g/mol. The fraction of sp³-hybridized carbons (Fsp3) is 0.300. The zero-order chi connectivity index (χ0) is 19.2. The first-order chi connectivity index (χ1) is 13.1. The number of nitrogens with one attached hydrogen (secondary N) is 3. The van der Waals surface area contributed by atoms with E-state index < -0.39 is 0 Å². The van der Waals surface area contributed by atoms with Crippen LogP contribution in [0.15, 0.2) is 51.9 Å². The maximum atomic E-state index is 13.7. The lowest BCUT2D eigenvalue weighted by Gasteiger charge is -2.26. The van der Waals surface area contributed by atoms with Gasteiger partial charge in [-0.15, -0.1) is 0 Å². The fourth-order valence-electron chi connectivity index (χ4n) is 3.05. The van der Waals surface area contributed by atoms with Crippen molar-refractivity contribution in [2.24, 2.45) is 4.99 Å². The average Bonchev–Trinajstić information content (AvgIpc) is 2.66. The van der Waals surface area contributed by atoms with Gasteiger partial charge in [-0.2, -0.15) is 0 Å². The Morgan fingerprint density at radius 3 is 2.89 bits per heavy atom. The molecule has 1 aliphatic rings. The molecular formula is C20H22BrFN4O. The number of halogens is 2. The average molecular weight is 433 g/mol. The third kappa shape index (κ3) is 5.07. The lowest BCUT2D eigenvalue weighted by Crippen LogP contribution is -2.40. The molecular weight excluding hydrogens is 411 g/mol. The summed E-state index contributed by atoms with van der Waals surface area (Å²) in [6.45, 7) is 3.65. The molecule has 1 aliphatic heterocycles. The number of carbonyl (C=O) groups is 1. The van der Waals surface area contributed by atoms with Gasteiger partial charge in [0.15, 0.2) is 5.96 Å². The van der Waals surface area contributed by atoms with Gasteiger partial charge in [0.2, 0.25) is 5.91 Å². The SMILES string of the molecule is CCNC(=NCc1ccc(Br)c(F)c1)NCC1CC(=O)Nc2ccccc21. The minimum Gasteiger partial charge on any atom is -0.357 e. The summed E-state index contributed by atoms with van der Waals surface area (Å²) in [5.74, 6) is 0.437. The van der Waals surface area contributed by atoms with Crippen LogP contribution in [0.2, 0.25) is 0 Å². The van der Waals surface area contributed by atoms with Crippen molar-refractivity contribution in [3.63, 3.8) is 0 Å². The lowest BCUT2D eigenvalue weighted by molar-refractivity contribution is -0.116. The Bertz CT molecular complexity index is 856. The number of anilines is 1. The van der Waals surface area contributed by atoms with Crippen LogP contribution in [0.4, 0.5) is 10.1 Å². The molecule has 2 aromatic rings. The van der Waals surface area contributed by atoms with E-state index in [0.29, 0.717) is 36.5 Å². The highest BCUT2D eigenvalue weighted by atomic mass is 79.9. The van der Waals surface area contributed by atoms with Gasteiger partial charge >= 0.3 is 0 Å². The number of amides is 1. The smallest absolute Gasteiger partial charge is 0.225 e. The van der Waals surface area contributed by atoms with E-state index in [2.05, 4.69) is 36.9 Å². The predicted octanol–water partition coefficient (Wildman–Crippen LogP) is 3.77. The molecule has 3 rings (SSSR count). The van der Waals surface area contributed by atoms with Crippen molar-refractivity contribution in [1.82, 2.24) is 10.6 Å². The Hall–Kier alpha value is -2.41. The van der Waals surface area contributed by atoms with Gasteiger partial charge < -0.3 is 16.0 Å². The summed E-state index contributed by atoms with van der Waals surface area (Å²) < 4.78 is 14.1. The van der Waals surface area contributed by atoms with Gasteiger partial charge in [-0.3, -0.25) is 4.79 Å². The van der Waals surface area contributed by atoms with E-state index in [-0.39, 0.29) is 17.6 Å². The van der Waals surface area contributed by atoms with E-state index in [9.17, 15) is 9.18 Å². The first kappa shape index (κ1) is 19.4. The molecule has 0 radical (unpaired) electrons. The predicted molar refractivity (Wildman–Crippen MR) is 109 cm³/mol. The zero-order valence-corrected chi connectivity index (χ0v) is 16.6. The number of hydrogen-bond acceptors (Lipinski definition) is 2. The van der Waals surface area contributed by atoms with Crippen molar-refractivity contribution < 1.29 is 9.18 Å². The molecule has 5 nitrogen and oxygen atoms in total. The Morgan fingerprint density at radius 2 is 2.11 bits per heavy atom. The van der Waals surface area contributed by atoms with Crippen molar-refractivity contribution in [3.8, 4) is 0 Å². The lowest BCUT2D eigenvalue weighted by atomic mass is 9.90. The van der Waals surface area contributed by atoms with Crippen molar-refractivity contribution in [2.75, 3.05) is 18.4 Å². The number of hydrogen-bond donors (Lipinski definition) is 3. The molecule has 27 heavy (non-hydrogen) atoms. The molecule has 0 aliphatic carbocycles. The van der Waals surface area contributed by atoms with E-state index >= 15 is 0 Å². The standard InChI is InChI=1S/C20H22BrFN4O/c1-2-23-20(24-11-13-7-8-16(21)17(22)9-13)25-12-14-10-19(27)26-18-6-4-3-5-15(14)18/h3-9,14H,2,10-12H2,1H3,(H,26,27)(H2,23,24,25). The van der Waals surface area contributed by atoms with Crippen LogP contribution < -0.4 is 16.0 Å². The molecule has 7 heteroatoms. The Morgan fingerprint density at radius 1 is 1.30 bits per heavy atom. The van der Waals surface area contributed by atoms with Crippen molar-refractivity contribution in [3.05, 3.63) is 63.9 Å². The Labute approximate surface area is 166 Å². The Balaban J connectivity index is 1.68. The largest absolute Gasteiger partial charge is 0.357 e. The second-order valence-electron chi connectivity index (χ2n) is 6.36. The molecule has 1 atom stereocenters. The molecule has 1 unspecified atom stereocenters. The summed E-state index contributed by atoms with van der Waals surface area (Å²) in [5.41, 5.74) is 2.78. The molecule has 142 valence electrons. The number of fused-ring (bicyclic) bond motifs is 1. The van der Waals surface area contributed by atoms with Crippen molar-refractivity contribution >= 4 is 33.5 Å². The molecule has 1 amide bonds. The van der Waals surface area contributed by atoms with Crippen LogP contribution in [0.25, 0.3) is 0 Å². The highest BCUT2D eigenvalue weighted by molar-refractivity contribution is 9.10. The summed E-state index contributed by atoms with van der Waals surface area (Å²) in [7, 11) is 0. The third-order valence-corrected chi connectivity index (χ3v) is 5.01. The minimum atomic E-state index is -0.300. The second-order valence-corrected chi connectivity index (χ2v) is 7.22. The van der Waals surface area contributed by atoms with E-state index in [1.54, 1.807) is 6.07 Å². The van der Waals surface area contributed by atoms with Gasteiger partial charge in [0, 0.05) is 31.1 Å². The Kier molecular flexibility index (Phi) is 6.45. The van der Waals surface area contributed by atoms with Crippen LogP contribution in [0.1, 0.15) is 30.4 Å². The van der Waals surface area contributed by atoms with Crippen molar-refractivity contribution in [2.45, 2.75) is 25.8 Å². The number of benzene rings is 2. The van der Waals surface area contributed by atoms with Gasteiger partial charge in [0.05, 0.1) is 11.0 Å². The topological polar surface area (TPSA) is 65.5 Å². The number of guanidine groups is 1. The normalized spacial score (nSPS) is 16.5. The van der Waals surface area contributed by atoms with Crippen LogP contribution in [-0.2, 0) is 11.3 Å². The first-order valence-corrected chi connectivity index (χ1v) is 9.71. The van der Waals surface area contributed by atoms with Gasteiger partial charge in [0.25, 0.3) is 0 Å². The maximum absolute atomic E-state index is 13.7. The van der Waals surface area contributed by atoms with E-state index in [0.717, 1.165) is 16.8 Å². The first-order valence-electron chi connectivity index (χ1n) is 8.91. The molecule has 1 heterocycles. The second kappa shape index (κ2) is 8.99. The van der Waals surface area contributed by atoms with E-state index in [4.69, 9.17) is 0 Å². The van der Waals surface area contributed by atoms with Crippen LogP contribution in [0.3, 0.4) is 0 Å². The number of rotatable bonds is 5. The van der Waals surface area contributed by atoms with Crippen LogP contribution >= 0.6 is 15.9 Å². The number of carbonyl (C=O) groups excluding carboxylic acids is 1. The quantitative estimate of drug-likeness (QED) is 0.497. The summed E-state index contributed by atoms with van der Waals surface area (Å²) in [4.78, 5) is 16.5. The summed E-state index contributed by atoms with van der Waals surface area (Å²) in [6.07, 6.45) is 0.432. The van der Waals surface area contributed by atoms with Gasteiger partial charge in [-0.25, -0.2) is 9.38 Å². The van der Waals surface area contributed by atoms with E-state index in [1.165, 1.54) is 6.07 Å². The molecule has 0 saturated heterocycles. The molecule has 0 saturated carbocycles. The van der Waals surface area contributed by atoms with Crippen LogP contribution in [-0.4, -0.2) is 25.0 Å². The van der Waals surface area contributed by atoms with Gasteiger partial charge in [-0.05, 0) is 52.2 Å². The van der Waals surface area contributed by atoms with Crippen LogP contribution in [0.5, 0.6) is 0 Å². The fourth-order valence-corrected chi connectivity index (χ4v) is 3.30. The minimum absolute atomic E-state index is 0.0211. The van der Waals surface area contributed by atoms with Gasteiger partial charge in [-0.1, -0.05) is 24.3 Å². The molecule has 3 N–H and O–H groups in total. The zero-order valence-electron chi connectivity index (χ0n) is 15.1. The summed E-state index contributed by atoms with van der Waals surface area (Å²) >= 11 is 3.15. The number of nitrogens with zero attached hydrogens (tertiary/aromatic N) is 1. The number of para-hydroxylation sites is 1.